The molecular weight excluding hydrogens is 324 g/mol. The van der Waals surface area contributed by atoms with E-state index in [0.29, 0.717) is 4.99 Å². The van der Waals surface area contributed by atoms with Crippen molar-refractivity contribution in [3.63, 3.8) is 0 Å². The standard InChI is InChI=1S/C14H19BrN2OS/c1-14(18-2)6-3-7-17(9-14)10-4-5-11(13(16)19)12(15)8-10/h4-5,8H,3,6-7,9H2,1-2H3,(H2,16,19). The highest BCUT2D eigenvalue weighted by molar-refractivity contribution is 9.10. The fourth-order valence-electron chi connectivity index (χ4n) is 2.49. The Morgan fingerprint density at radius 2 is 2.26 bits per heavy atom. The van der Waals surface area contributed by atoms with Crippen LogP contribution in [0.15, 0.2) is 22.7 Å². The first-order chi connectivity index (χ1) is 8.95. The van der Waals surface area contributed by atoms with Crippen molar-refractivity contribution in [1.29, 1.82) is 0 Å². The lowest BCUT2D eigenvalue weighted by molar-refractivity contribution is -0.00465. The Kier molecular flexibility index (Phi) is 4.48. The van der Waals surface area contributed by atoms with Gasteiger partial charge < -0.3 is 15.4 Å². The van der Waals surface area contributed by atoms with Gasteiger partial charge in [-0.1, -0.05) is 12.2 Å². The SMILES string of the molecule is COC1(C)CCCN(c2ccc(C(N)=S)c(Br)c2)C1. The van der Waals surface area contributed by atoms with Crippen LogP contribution in [0, 0.1) is 0 Å². The summed E-state index contributed by atoms with van der Waals surface area (Å²) in [4.78, 5) is 2.76. The van der Waals surface area contributed by atoms with Crippen LogP contribution in [0.5, 0.6) is 0 Å². The molecule has 0 bridgehead atoms. The van der Waals surface area contributed by atoms with E-state index in [1.807, 2.05) is 6.07 Å². The number of ether oxygens (including phenoxy) is 1. The molecular formula is C14H19BrN2OS. The first kappa shape index (κ1) is 14.8. The van der Waals surface area contributed by atoms with Gasteiger partial charge in [0.15, 0.2) is 0 Å². The summed E-state index contributed by atoms with van der Waals surface area (Å²) in [5.74, 6) is 0. The van der Waals surface area contributed by atoms with Crippen molar-refractivity contribution in [2.75, 3.05) is 25.1 Å². The highest BCUT2D eigenvalue weighted by Gasteiger charge is 2.30. The average molecular weight is 343 g/mol. The Hall–Kier alpha value is -0.650. The van der Waals surface area contributed by atoms with Gasteiger partial charge in [0.1, 0.15) is 4.99 Å². The van der Waals surface area contributed by atoms with Crippen LogP contribution in [-0.2, 0) is 4.74 Å². The zero-order valence-corrected chi connectivity index (χ0v) is 13.7. The molecule has 0 radical (unpaired) electrons. The van der Waals surface area contributed by atoms with Gasteiger partial charge in [-0.2, -0.15) is 0 Å². The summed E-state index contributed by atoms with van der Waals surface area (Å²) in [7, 11) is 1.79. The van der Waals surface area contributed by atoms with Gasteiger partial charge in [0, 0.05) is 35.9 Å². The van der Waals surface area contributed by atoms with Crippen molar-refractivity contribution < 1.29 is 4.74 Å². The van der Waals surface area contributed by atoms with E-state index in [4.69, 9.17) is 22.7 Å². The van der Waals surface area contributed by atoms with Crippen LogP contribution in [0.25, 0.3) is 0 Å². The zero-order chi connectivity index (χ0) is 14.0. The van der Waals surface area contributed by atoms with Crippen molar-refractivity contribution in [2.24, 2.45) is 5.73 Å². The number of anilines is 1. The topological polar surface area (TPSA) is 38.5 Å². The third-order valence-electron chi connectivity index (χ3n) is 3.74. The number of halogens is 1. The molecule has 1 aliphatic heterocycles. The molecule has 0 amide bonds. The van der Waals surface area contributed by atoms with Crippen molar-refractivity contribution in [3.05, 3.63) is 28.2 Å². The minimum Gasteiger partial charge on any atom is -0.389 e. The third kappa shape index (κ3) is 3.27. The molecule has 3 nitrogen and oxygen atoms in total. The summed E-state index contributed by atoms with van der Waals surface area (Å²) in [6.45, 7) is 4.12. The van der Waals surface area contributed by atoms with E-state index in [1.54, 1.807) is 7.11 Å². The number of rotatable bonds is 3. The number of piperidine rings is 1. The third-order valence-corrected chi connectivity index (χ3v) is 4.61. The van der Waals surface area contributed by atoms with E-state index < -0.39 is 0 Å². The fraction of sp³-hybridized carbons (Fsp3) is 0.500. The van der Waals surface area contributed by atoms with Crippen LogP contribution in [-0.4, -0.2) is 30.8 Å². The Labute approximate surface area is 128 Å². The van der Waals surface area contributed by atoms with Crippen LogP contribution in [0.3, 0.4) is 0 Å². The average Bonchev–Trinajstić information content (AvgIpc) is 2.38. The van der Waals surface area contributed by atoms with Crippen molar-refractivity contribution >= 4 is 38.8 Å². The summed E-state index contributed by atoms with van der Waals surface area (Å²) in [5.41, 5.74) is 7.67. The predicted molar refractivity (Wildman–Crippen MR) is 86.9 cm³/mol. The zero-order valence-electron chi connectivity index (χ0n) is 11.3. The van der Waals surface area contributed by atoms with Gasteiger partial charge >= 0.3 is 0 Å². The Bertz CT molecular complexity index is 494. The maximum Gasteiger partial charge on any atom is 0.105 e. The number of methoxy groups -OCH3 is 1. The molecule has 19 heavy (non-hydrogen) atoms. The molecule has 0 spiro atoms. The fourth-order valence-corrected chi connectivity index (χ4v) is 3.38. The van der Waals surface area contributed by atoms with Crippen LogP contribution < -0.4 is 10.6 Å². The highest BCUT2D eigenvalue weighted by atomic mass is 79.9. The smallest absolute Gasteiger partial charge is 0.105 e. The van der Waals surface area contributed by atoms with Crippen LogP contribution in [0.4, 0.5) is 5.69 Å². The normalized spacial score (nSPS) is 23.4. The second-order valence-electron chi connectivity index (χ2n) is 5.21. The van der Waals surface area contributed by atoms with Crippen LogP contribution in [0.1, 0.15) is 25.3 Å². The Morgan fingerprint density at radius 1 is 1.53 bits per heavy atom. The molecule has 104 valence electrons. The van der Waals surface area contributed by atoms with Gasteiger partial charge in [0.2, 0.25) is 0 Å². The lowest BCUT2D eigenvalue weighted by atomic mass is 9.94. The first-order valence-electron chi connectivity index (χ1n) is 6.35. The molecule has 0 aromatic heterocycles. The highest BCUT2D eigenvalue weighted by Crippen LogP contribution is 2.30. The van der Waals surface area contributed by atoms with Gasteiger partial charge in [-0.05, 0) is 53.9 Å². The molecule has 1 saturated heterocycles. The first-order valence-corrected chi connectivity index (χ1v) is 7.55. The summed E-state index contributed by atoms with van der Waals surface area (Å²) < 4.78 is 6.57. The molecule has 2 N–H and O–H groups in total. The summed E-state index contributed by atoms with van der Waals surface area (Å²) in [6, 6.07) is 6.12. The van der Waals surface area contributed by atoms with Gasteiger partial charge in [-0.3, -0.25) is 0 Å². The second kappa shape index (κ2) is 5.77. The van der Waals surface area contributed by atoms with Crippen molar-refractivity contribution in [2.45, 2.75) is 25.4 Å². The summed E-state index contributed by atoms with van der Waals surface area (Å²) >= 11 is 8.55. The van der Waals surface area contributed by atoms with Crippen LogP contribution in [0.2, 0.25) is 0 Å². The quantitative estimate of drug-likeness (QED) is 0.856. The largest absolute Gasteiger partial charge is 0.389 e. The monoisotopic (exact) mass is 342 g/mol. The maximum atomic E-state index is 5.68. The minimum atomic E-state index is -0.0629. The van der Waals surface area contributed by atoms with Crippen molar-refractivity contribution in [3.8, 4) is 0 Å². The molecule has 1 heterocycles. The number of nitrogens with two attached hydrogens (primary N) is 1. The number of hydrogen-bond acceptors (Lipinski definition) is 3. The van der Waals surface area contributed by atoms with Gasteiger partial charge in [0.25, 0.3) is 0 Å². The molecule has 1 unspecified atom stereocenters. The van der Waals surface area contributed by atoms with E-state index in [0.717, 1.165) is 36.0 Å². The van der Waals surface area contributed by atoms with Gasteiger partial charge in [-0.15, -0.1) is 0 Å². The maximum absolute atomic E-state index is 5.68. The van der Waals surface area contributed by atoms with Gasteiger partial charge in [0.05, 0.1) is 5.60 Å². The molecule has 1 fully saturated rings. The van der Waals surface area contributed by atoms with E-state index in [-0.39, 0.29) is 5.60 Å². The summed E-state index contributed by atoms with van der Waals surface area (Å²) in [5, 5.41) is 0. The molecule has 1 aromatic carbocycles. The number of nitrogens with zero attached hydrogens (tertiary/aromatic N) is 1. The lowest BCUT2D eigenvalue weighted by Gasteiger charge is -2.40. The molecule has 1 aliphatic rings. The summed E-state index contributed by atoms with van der Waals surface area (Å²) in [6.07, 6.45) is 2.24. The molecule has 1 atom stereocenters. The van der Waals surface area contributed by atoms with E-state index in [9.17, 15) is 0 Å². The minimum absolute atomic E-state index is 0.0629. The molecule has 0 aliphatic carbocycles. The molecule has 0 saturated carbocycles. The predicted octanol–water partition coefficient (Wildman–Crippen LogP) is 3.09. The van der Waals surface area contributed by atoms with Crippen molar-refractivity contribution in [1.82, 2.24) is 0 Å². The van der Waals surface area contributed by atoms with E-state index in [2.05, 4.69) is 39.9 Å². The molecule has 2 rings (SSSR count). The van der Waals surface area contributed by atoms with E-state index >= 15 is 0 Å². The van der Waals surface area contributed by atoms with Gasteiger partial charge in [-0.25, -0.2) is 0 Å². The Morgan fingerprint density at radius 3 is 2.84 bits per heavy atom. The second-order valence-corrected chi connectivity index (χ2v) is 6.50. The number of hydrogen-bond donors (Lipinski definition) is 1. The Balaban J connectivity index is 2.23. The molecule has 1 aromatic rings. The van der Waals surface area contributed by atoms with Crippen LogP contribution >= 0.6 is 28.1 Å². The van der Waals surface area contributed by atoms with E-state index in [1.165, 1.54) is 5.69 Å². The number of benzene rings is 1. The number of thiocarbonyl (C=S) groups is 1. The lowest BCUT2D eigenvalue weighted by Crippen LogP contribution is -2.47. The molecule has 5 heteroatoms.